The number of carbonyl (C=O) groups excluding carboxylic acids is 1. The average molecular weight is 219 g/mol. The van der Waals surface area contributed by atoms with Crippen LogP contribution in [0.2, 0.25) is 0 Å². The Morgan fingerprint density at radius 3 is 2.75 bits per heavy atom. The molecule has 1 aliphatic rings. The summed E-state index contributed by atoms with van der Waals surface area (Å²) in [5.41, 5.74) is 0.487. The van der Waals surface area contributed by atoms with E-state index in [0.29, 0.717) is 5.56 Å². The Labute approximate surface area is 90.4 Å². The quantitative estimate of drug-likeness (QED) is 0.616. The van der Waals surface area contributed by atoms with Crippen molar-refractivity contribution in [1.29, 1.82) is 0 Å². The number of hydrogen-bond acceptors (Lipinski definition) is 6. The third-order valence-corrected chi connectivity index (χ3v) is 1.92. The topological polar surface area (TPSA) is 91.3 Å². The van der Waals surface area contributed by atoms with E-state index in [1.165, 1.54) is 18.2 Å². The van der Waals surface area contributed by atoms with Gasteiger partial charge in [-0.25, -0.2) is 0 Å². The van der Waals surface area contributed by atoms with Crippen molar-refractivity contribution >= 4 is 17.7 Å². The maximum Gasteiger partial charge on any atom is 0.291 e. The lowest BCUT2D eigenvalue weighted by Crippen LogP contribution is -2.09. The van der Waals surface area contributed by atoms with Crippen LogP contribution in [0.25, 0.3) is 6.08 Å². The molecule has 0 fully saturated rings. The van der Waals surface area contributed by atoms with E-state index in [9.17, 15) is 10.0 Å². The molecule has 1 N–H and O–H groups in total. The molecule has 82 valence electrons. The van der Waals surface area contributed by atoms with E-state index >= 15 is 0 Å². The molecule has 0 bridgehead atoms. The van der Waals surface area contributed by atoms with E-state index in [-0.39, 0.29) is 10.9 Å². The van der Waals surface area contributed by atoms with Gasteiger partial charge in [-0.1, -0.05) is 23.3 Å². The van der Waals surface area contributed by atoms with Gasteiger partial charge in [0.1, 0.15) is 0 Å². The van der Waals surface area contributed by atoms with Crippen LogP contribution in [0.1, 0.15) is 5.56 Å². The molecule has 1 amide bonds. The number of nitrogens with zero attached hydrogens (tertiary/aromatic N) is 4. The maximum atomic E-state index is 11.2. The van der Waals surface area contributed by atoms with Gasteiger partial charge in [-0.15, -0.1) is 0 Å². The van der Waals surface area contributed by atoms with Crippen LogP contribution in [0, 0.1) is 5.21 Å². The standard InChI is InChI=1S/C9H7N4O3/c14-9(12-10-11-12)6-5-7-3-1-2-4-8(7)13(15)16/h1-6,15H/q-1. The van der Waals surface area contributed by atoms with Gasteiger partial charge in [-0.2, -0.15) is 0 Å². The number of rotatable bonds is 3. The summed E-state index contributed by atoms with van der Waals surface area (Å²) in [6, 6.07) is 6.31. The Morgan fingerprint density at radius 2 is 2.12 bits per heavy atom. The van der Waals surface area contributed by atoms with Gasteiger partial charge >= 0.3 is 0 Å². The van der Waals surface area contributed by atoms with Crippen molar-refractivity contribution in [2.75, 3.05) is 5.23 Å². The molecular weight excluding hydrogens is 212 g/mol. The van der Waals surface area contributed by atoms with Crippen molar-refractivity contribution in [3.63, 3.8) is 0 Å². The lowest BCUT2D eigenvalue weighted by Gasteiger charge is -2.23. The van der Waals surface area contributed by atoms with Crippen molar-refractivity contribution in [1.82, 2.24) is 5.12 Å². The Kier molecular flexibility index (Phi) is 2.63. The molecule has 0 radical (unpaired) electrons. The van der Waals surface area contributed by atoms with Crippen LogP contribution in [0.3, 0.4) is 0 Å². The molecule has 0 spiro atoms. The molecule has 0 saturated heterocycles. The second-order valence-corrected chi connectivity index (χ2v) is 2.97. The van der Waals surface area contributed by atoms with Crippen LogP contribution in [0.5, 0.6) is 0 Å². The maximum absolute atomic E-state index is 11.2. The summed E-state index contributed by atoms with van der Waals surface area (Å²) in [6.07, 6.45) is 2.62. The molecule has 0 unspecified atom stereocenters. The smallest absolute Gasteiger partial charge is 0.291 e. The monoisotopic (exact) mass is 219 g/mol. The van der Waals surface area contributed by atoms with E-state index in [4.69, 9.17) is 5.21 Å². The Morgan fingerprint density at radius 1 is 1.44 bits per heavy atom. The minimum Gasteiger partial charge on any atom is -0.733 e. The van der Waals surface area contributed by atoms with Gasteiger partial charge in [-0.3, -0.25) is 10.0 Å². The fourth-order valence-electron chi connectivity index (χ4n) is 1.14. The molecule has 1 heterocycles. The first-order valence-electron chi connectivity index (χ1n) is 4.37. The van der Waals surface area contributed by atoms with E-state index < -0.39 is 5.91 Å². The number of carbonyl (C=O) groups is 1. The van der Waals surface area contributed by atoms with Gasteiger partial charge < -0.3 is 10.4 Å². The molecule has 1 aromatic carbocycles. The van der Waals surface area contributed by atoms with Gasteiger partial charge in [-0.05, 0) is 28.2 Å². The minimum atomic E-state index is -0.412. The highest BCUT2D eigenvalue weighted by atomic mass is 16.8. The lowest BCUT2D eigenvalue weighted by atomic mass is 10.1. The highest BCUT2D eigenvalue weighted by Crippen LogP contribution is 2.20. The molecule has 2 rings (SSSR count). The average Bonchev–Trinajstić information content (AvgIpc) is 3.10. The van der Waals surface area contributed by atoms with E-state index in [1.54, 1.807) is 18.2 Å². The van der Waals surface area contributed by atoms with Crippen LogP contribution in [-0.2, 0) is 4.79 Å². The first-order chi connectivity index (χ1) is 7.68. The molecule has 0 atom stereocenters. The lowest BCUT2D eigenvalue weighted by molar-refractivity contribution is -0.122. The van der Waals surface area contributed by atoms with Crippen LogP contribution < -0.4 is 5.23 Å². The molecule has 0 aliphatic carbocycles. The van der Waals surface area contributed by atoms with Crippen molar-refractivity contribution in [3.05, 3.63) is 41.1 Å². The van der Waals surface area contributed by atoms with Gasteiger partial charge in [0.2, 0.25) is 0 Å². The Bertz CT molecular complexity index is 464. The first kappa shape index (κ1) is 10.3. The van der Waals surface area contributed by atoms with Crippen molar-refractivity contribution in [2.24, 2.45) is 10.4 Å². The molecule has 0 saturated carbocycles. The van der Waals surface area contributed by atoms with Crippen LogP contribution in [0.15, 0.2) is 40.8 Å². The van der Waals surface area contributed by atoms with Crippen LogP contribution in [0.4, 0.5) is 5.69 Å². The molecule has 0 aromatic heterocycles. The molecule has 16 heavy (non-hydrogen) atoms. The zero-order valence-corrected chi connectivity index (χ0v) is 8.02. The summed E-state index contributed by atoms with van der Waals surface area (Å²) >= 11 is 0. The second-order valence-electron chi connectivity index (χ2n) is 2.97. The SMILES string of the molecule is O=C(C=Cc1ccccc1N([O-])O)N1N=N1. The van der Waals surface area contributed by atoms with Gasteiger partial charge in [0.25, 0.3) is 5.91 Å². The van der Waals surface area contributed by atoms with Gasteiger partial charge in [0, 0.05) is 6.08 Å². The fourth-order valence-corrected chi connectivity index (χ4v) is 1.14. The second kappa shape index (κ2) is 4.09. The summed E-state index contributed by atoms with van der Waals surface area (Å²) in [5.74, 6) is -0.412. The zero-order chi connectivity index (χ0) is 11.5. The van der Waals surface area contributed by atoms with Gasteiger partial charge in [0.05, 0.1) is 5.69 Å². The summed E-state index contributed by atoms with van der Waals surface area (Å²) in [7, 11) is 0. The third-order valence-electron chi connectivity index (χ3n) is 1.92. The Balaban J connectivity index is 2.16. The largest absolute Gasteiger partial charge is 0.733 e. The summed E-state index contributed by atoms with van der Waals surface area (Å²) in [6.45, 7) is 0. The molecular formula is C9H7N4O3-. The van der Waals surface area contributed by atoms with Crippen LogP contribution in [-0.4, -0.2) is 16.2 Å². The number of para-hydroxylation sites is 1. The highest BCUT2D eigenvalue weighted by Gasteiger charge is 2.18. The van der Waals surface area contributed by atoms with E-state index in [2.05, 4.69) is 10.4 Å². The first-order valence-corrected chi connectivity index (χ1v) is 4.37. The third kappa shape index (κ3) is 2.22. The number of benzene rings is 1. The fraction of sp³-hybridized carbons (Fsp3) is 0. The predicted octanol–water partition coefficient (Wildman–Crippen LogP) is 1.52. The van der Waals surface area contributed by atoms with Crippen molar-refractivity contribution < 1.29 is 10.0 Å². The number of amides is 1. The Hall–Kier alpha value is -2.25. The summed E-state index contributed by atoms with van der Waals surface area (Å²) < 4.78 is 0. The van der Waals surface area contributed by atoms with Crippen molar-refractivity contribution in [2.45, 2.75) is 0 Å². The van der Waals surface area contributed by atoms with Crippen LogP contribution >= 0.6 is 0 Å². The van der Waals surface area contributed by atoms with Crippen molar-refractivity contribution in [3.8, 4) is 0 Å². The normalized spacial score (nSPS) is 13.2. The molecule has 1 aromatic rings. The summed E-state index contributed by atoms with van der Waals surface area (Å²) in [4.78, 5) is 11.2. The van der Waals surface area contributed by atoms with Gasteiger partial charge in [0.15, 0.2) is 0 Å². The molecule has 7 nitrogen and oxygen atoms in total. The number of anilines is 1. The highest BCUT2D eigenvalue weighted by molar-refractivity contribution is 5.92. The zero-order valence-electron chi connectivity index (χ0n) is 8.02. The molecule has 1 aliphatic heterocycles. The predicted molar refractivity (Wildman–Crippen MR) is 54.8 cm³/mol. The number of hydrogen-bond donors (Lipinski definition) is 1. The van der Waals surface area contributed by atoms with E-state index in [1.807, 2.05) is 0 Å². The molecule has 7 heteroatoms. The summed E-state index contributed by atoms with van der Waals surface area (Å²) in [5, 5.41) is 26.8. The van der Waals surface area contributed by atoms with E-state index in [0.717, 1.165) is 5.12 Å². The minimum absolute atomic E-state index is 0.0613.